The number of hydrogen-bond acceptors (Lipinski definition) is 2. The van der Waals surface area contributed by atoms with Crippen LogP contribution in [0.3, 0.4) is 0 Å². The molecule has 0 heterocycles. The van der Waals surface area contributed by atoms with Gasteiger partial charge in [0.15, 0.2) is 0 Å². The monoisotopic (exact) mass is 299 g/mol. The van der Waals surface area contributed by atoms with Gasteiger partial charge < -0.3 is 5.32 Å². The van der Waals surface area contributed by atoms with Crippen LogP contribution in [0.15, 0.2) is 59.5 Å². The van der Waals surface area contributed by atoms with Gasteiger partial charge >= 0.3 is 0 Å². The van der Waals surface area contributed by atoms with Crippen LogP contribution in [0.25, 0.3) is 0 Å². The summed E-state index contributed by atoms with van der Waals surface area (Å²) in [6.45, 7) is 6.02. The number of aryl methyl sites for hydroxylation is 1. The summed E-state index contributed by atoms with van der Waals surface area (Å²) in [5, 5.41) is 2.97. The molecule has 2 rings (SSSR count). The van der Waals surface area contributed by atoms with Crippen molar-refractivity contribution in [2.45, 2.75) is 37.0 Å². The van der Waals surface area contributed by atoms with Crippen LogP contribution in [0.5, 0.6) is 0 Å². The van der Waals surface area contributed by atoms with E-state index in [1.165, 1.54) is 5.56 Å². The van der Waals surface area contributed by atoms with Gasteiger partial charge in [-0.1, -0.05) is 48.0 Å². The maximum absolute atomic E-state index is 12.3. The van der Waals surface area contributed by atoms with Gasteiger partial charge in [-0.25, -0.2) is 0 Å². The number of rotatable bonds is 5. The van der Waals surface area contributed by atoms with Crippen LogP contribution >= 0.6 is 11.8 Å². The van der Waals surface area contributed by atoms with E-state index in [4.69, 9.17) is 0 Å². The van der Waals surface area contributed by atoms with E-state index in [1.54, 1.807) is 11.8 Å². The molecule has 2 unspecified atom stereocenters. The molecule has 0 radical (unpaired) electrons. The number of hydrogen-bond donors (Lipinski definition) is 1. The first-order valence-corrected chi connectivity index (χ1v) is 8.03. The fourth-order valence-electron chi connectivity index (χ4n) is 2.03. The zero-order chi connectivity index (χ0) is 15.2. The molecule has 1 amide bonds. The summed E-state index contributed by atoms with van der Waals surface area (Å²) in [4.78, 5) is 13.4. The normalized spacial score (nSPS) is 13.5. The van der Waals surface area contributed by atoms with Gasteiger partial charge in [0.05, 0.1) is 11.3 Å². The molecule has 110 valence electrons. The van der Waals surface area contributed by atoms with Crippen LogP contribution in [-0.4, -0.2) is 11.2 Å². The number of carbonyl (C=O) groups excluding carboxylic acids is 1. The molecule has 3 heteroatoms. The maximum Gasteiger partial charge on any atom is 0.233 e. The Morgan fingerprint density at radius 3 is 2.24 bits per heavy atom. The molecule has 0 aliphatic carbocycles. The van der Waals surface area contributed by atoms with E-state index >= 15 is 0 Å². The van der Waals surface area contributed by atoms with E-state index in [2.05, 4.69) is 36.5 Å². The van der Waals surface area contributed by atoms with Crippen molar-refractivity contribution in [3.05, 3.63) is 65.7 Å². The first-order chi connectivity index (χ1) is 10.1. The third-order valence-electron chi connectivity index (χ3n) is 3.36. The Morgan fingerprint density at radius 1 is 1.00 bits per heavy atom. The van der Waals surface area contributed by atoms with Crippen LogP contribution in [0.2, 0.25) is 0 Å². The van der Waals surface area contributed by atoms with Gasteiger partial charge in [-0.2, -0.15) is 0 Å². The highest BCUT2D eigenvalue weighted by atomic mass is 32.2. The summed E-state index contributed by atoms with van der Waals surface area (Å²) in [6.07, 6.45) is 0. The van der Waals surface area contributed by atoms with Gasteiger partial charge in [0.1, 0.15) is 0 Å². The lowest BCUT2D eigenvalue weighted by molar-refractivity contribution is -0.120. The molecule has 0 saturated carbocycles. The molecule has 21 heavy (non-hydrogen) atoms. The van der Waals surface area contributed by atoms with E-state index in [1.807, 2.05) is 44.2 Å². The van der Waals surface area contributed by atoms with Crippen LogP contribution in [0.4, 0.5) is 0 Å². The van der Waals surface area contributed by atoms with Crippen LogP contribution in [0.1, 0.15) is 31.0 Å². The predicted molar refractivity (Wildman–Crippen MR) is 89.5 cm³/mol. The summed E-state index contributed by atoms with van der Waals surface area (Å²) in [5.74, 6) is 0.0666. The first kappa shape index (κ1) is 15.6. The highest BCUT2D eigenvalue weighted by molar-refractivity contribution is 8.00. The standard InChI is InChI=1S/C18H21NOS/c1-13-9-11-16(12-10-13)14(2)19-18(20)15(3)21-17-7-5-4-6-8-17/h4-12,14-15H,1-3H3,(H,19,20). The van der Waals surface area contributed by atoms with Crippen LogP contribution in [0, 0.1) is 6.92 Å². The van der Waals surface area contributed by atoms with Gasteiger partial charge in [-0.05, 0) is 38.5 Å². The molecule has 0 saturated heterocycles. The lowest BCUT2D eigenvalue weighted by atomic mass is 10.1. The maximum atomic E-state index is 12.3. The molecule has 1 N–H and O–H groups in total. The molecular formula is C18H21NOS. The van der Waals surface area contributed by atoms with Crippen molar-refractivity contribution >= 4 is 17.7 Å². The summed E-state index contributed by atoms with van der Waals surface area (Å²) >= 11 is 1.58. The van der Waals surface area contributed by atoms with E-state index in [9.17, 15) is 4.79 Å². The Labute approximate surface area is 131 Å². The van der Waals surface area contributed by atoms with Gasteiger partial charge in [-0.3, -0.25) is 4.79 Å². The lowest BCUT2D eigenvalue weighted by Gasteiger charge is -2.18. The average Bonchev–Trinajstić information content (AvgIpc) is 2.48. The largest absolute Gasteiger partial charge is 0.349 e. The molecule has 0 aliphatic rings. The Kier molecular flexibility index (Phi) is 5.45. The topological polar surface area (TPSA) is 29.1 Å². The molecule has 0 bridgehead atoms. The van der Waals surface area contributed by atoms with Crippen molar-refractivity contribution in [1.82, 2.24) is 5.32 Å². The minimum absolute atomic E-state index is 0.0249. The van der Waals surface area contributed by atoms with Crippen molar-refractivity contribution in [3.8, 4) is 0 Å². The van der Waals surface area contributed by atoms with Crippen molar-refractivity contribution in [1.29, 1.82) is 0 Å². The Morgan fingerprint density at radius 2 is 1.62 bits per heavy atom. The number of carbonyl (C=O) groups is 1. The van der Waals surface area contributed by atoms with Crippen molar-refractivity contribution in [2.24, 2.45) is 0 Å². The zero-order valence-electron chi connectivity index (χ0n) is 12.7. The summed E-state index contributed by atoms with van der Waals surface area (Å²) in [6, 6.07) is 18.3. The molecule has 0 spiro atoms. The zero-order valence-corrected chi connectivity index (χ0v) is 13.5. The fraction of sp³-hybridized carbons (Fsp3) is 0.278. The van der Waals surface area contributed by atoms with Crippen LogP contribution < -0.4 is 5.32 Å². The quantitative estimate of drug-likeness (QED) is 0.831. The van der Waals surface area contributed by atoms with Gasteiger partial charge in [0.25, 0.3) is 0 Å². The van der Waals surface area contributed by atoms with Crippen LogP contribution in [-0.2, 0) is 4.79 Å². The van der Waals surface area contributed by atoms with E-state index in [-0.39, 0.29) is 17.2 Å². The van der Waals surface area contributed by atoms with Crippen molar-refractivity contribution in [3.63, 3.8) is 0 Å². The second-order valence-corrected chi connectivity index (χ2v) is 6.63. The average molecular weight is 299 g/mol. The lowest BCUT2D eigenvalue weighted by Crippen LogP contribution is -2.33. The second kappa shape index (κ2) is 7.32. The SMILES string of the molecule is Cc1ccc(C(C)NC(=O)C(C)Sc2ccccc2)cc1. The van der Waals surface area contributed by atoms with Gasteiger partial charge in [-0.15, -0.1) is 11.8 Å². The summed E-state index contributed by atoms with van der Waals surface area (Å²) in [7, 11) is 0. The third-order valence-corrected chi connectivity index (χ3v) is 4.47. The minimum atomic E-state index is -0.111. The van der Waals surface area contributed by atoms with E-state index in [0.717, 1.165) is 10.5 Å². The number of amides is 1. The number of nitrogens with one attached hydrogen (secondary N) is 1. The van der Waals surface area contributed by atoms with Gasteiger partial charge in [0, 0.05) is 4.90 Å². The Hall–Kier alpha value is -1.74. The predicted octanol–water partition coefficient (Wildman–Crippen LogP) is 4.35. The number of benzene rings is 2. The number of thioether (sulfide) groups is 1. The Balaban J connectivity index is 1.92. The molecule has 0 aliphatic heterocycles. The summed E-state index contributed by atoms with van der Waals surface area (Å²) < 4.78 is 0. The molecule has 2 aromatic carbocycles. The van der Waals surface area contributed by atoms with Crippen molar-refractivity contribution in [2.75, 3.05) is 0 Å². The smallest absolute Gasteiger partial charge is 0.233 e. The Bertz CT molecular complexity index is 580. The van der Waals surface area contributed by atoms with E-state index < -0.39 is 0 Å². The highest BCUT2D eigenvalue weighted by Gasteiger charge is 2.17. The summed E-state index contributed by atoms with van der Waals surface area (Å²) in [5.41, 5.74) is 2.36. The molecule has 2 nitrogen and oxygen atoms in total. The third kappa shape index (κ3) is 4.64. The molecule has 0 aromatic heterocycles. The fourth-order valence-corrected chi connectivity index (χ4v) is 2.92. The molecule has 2 aromatic rings. The second-order valence-electron chi connectivity index (χ2n) is 5.21. The van der Waals surface area contributed by atoms with E-state index in [0.29, 0.717) is 0 Å². The highest BCUT2D eigenvalue weighted by Crippen LogP contribution is 2.23. The minimum Gasteiger partial charge on any atom is -0.349 e. The molecular weight excluding hydrogens is 278 g/mol. The van der Waals surface area contributed by atoms with Gasteiger partial charge in [0.2, 0.25) is 5.91 Å². The molecule has 2 atom stereocenters. The molecule has 0 fully saturated rings. The van der Waals surface area contributed by atoms with Crippen molar-refractivity contribution < 1.29 is 4.79 Å². The first-order valence-electron chi connectivity index (χ1n) is 7.15.